The van der Waals surface area contributed by atoms with Crippen molar-refractivity contribution >= 4 is 17.7 Å². The van der Waals surface area contributed by atoms with Gasteiger partial charge in [0, 0.05) is 12.6 Å². The highest BCUT2D eigenvalue weighted by Gasteiger charge is 2.35. The van der Waals surface area contributed by atoms with Crippen molar-refractivity contribution in [1.82, 2.24) is 25.1 Å². The van der Waals surface area contributed by atoms with Gasteiger partial charge in [-0.3, -0.25) is 4.79 Å². The van der Waals surface area contributed by atoms with E-state index < -0.39 is 0 Å². The van der Waals surface area contributed by atoms with E-state index in [0.717, 1.165) is 25.1 Å². The molecule has 26 heavy (non-hydrogen) atoms. The van der Waals surface area contributed by atoms with Crippen molar-refractivity contribution in [2.75, 3.05) is 12.3 Å². The van der Waals surface area contributed by atoms with E-state index >= 15 is 0 Å². The Morgan fingerprint density at radius 2 is 1.92 bits per heavy atom. The molecule has 138 valence electrons. The third-order valence-corrected chi connectivity index (χ3v) is 6.33. The van der Waals surface area contributed by atoms with Crippen LogP contribution in [0.15, 0.2) is 29.4 Å². The number of tetrazole rings is 1. The molecule has 7 nitrogen and oxygen atoms in total. The first-order chi connectivity index (χ1) is 12.7. The third-order valence-electron chi connectivity index (χ3n) is 5.42. The van der Waals surface area contributed by atoms with E-state index in [9.17, 15) is 9.90 Å². The number of carbonyl (C=O) groups excluding carboxylic acids is 1. The summed E-state index contributed by atoms with van der Waals surface area (Å²) in [5, 5.41) is 21.8. The molecule has 0 unspecified atom stereocenters. The summed E-state index contributed by atoms with van der Waals surface area (Å²) in [5.41, 5.74) is 0.757. The maximum Gasteiger partial charge on any atom is 0.233 e. The fourth-order valence-corrected chi connectivity index (χ4v) is 4.95. The summed E-state index contributed by atoms with van der Waals surface area (Å²) >= 11 is 1.37. The molecule has 1 aliphatic carbocycles. The van der Waals surface area contributed by atoms with Gasteiger partial charge in [0.25, 0.3) is 0 Å². The second-order valence-corrected chi connectivity index (χ2v) is 7.96. The van der Waals surface area contributed by atoms with Crippen LogP contribution in [0.4, 0.5) is 0 Å². The van der Waals surface area contributed by atoms with Crippen LogP contribution in [0.1, 0.15) is 38.5 Å². The maximum atomic E-state index is 12.8. The van der Waals surface area contributed by atoms with Gasteiger partial charge in [-0.05, 0) is 66.3 Å². The van der Waals surface area contributed by atoms with Gasteiger partial charge in [-0.15, -0.1) is 5.10 Å². The Labute approximate surface area is 156 Å². The van der Waals surface area contributed by atoms with Crippen LogP contribution < -0.4 is 0 Å². The quantitative estimate of drug-likeness (QED) is 0.830. The molecule has 2 aliphatic rings. The standard InChI is InChI=1S/C18H23N5O2S/c24-15-9-7-14(8-10-15)23-18(19-20-21-23)26-12-17(25)22-11-3-5-13-4-1-2-6-16(13)22/h7-10,13,16,24H,1-6,11-12H2/t13-,16+/m0/s1. The number of nitrogens with zero attached hydrogens (tertiary/aromatic N) is 5. The highest BCUT2D eigenvalue weighted by molar-refractivity contribution is 7.99. The average molecular weight is 373 g/mol. The maximum absolute atomic E-state index is 12.8. The molecule has 2 atom stereocenters. The zero-order valence-electron chi connectivity index (χ0n) is 14.6. The first kappa shape index (κ1) is 17.3. The number of hydrogen-bond donors (Lipinski definition) is 1. The molecule has 0 spiro atoms. The van der Waals surface area contributed by atoms with Gasteiger partial charge in [-0.25, -0.2) is 0 Å². The van der Waals surface area contributed by atoms with Gasteiger partial charge >= 0.3 is 0 Å². The molecule has 0 radical (unpaired) electrons. The number of thioether (sulfide) groups is 1. The van der Waals surface area contributed by atoms with Crippen LogP contribution in [0.3, 0.4) is 0 Å². The Balaban J connectivity index is 1.42. The molecular weight excluding hydrogens is 350 g/mol. The first-order valence-corrected chi connectivity index (χ1v) is 10.2. The average Bonchev–Trinajstić information content (AvgIpc) is 3.15. The largest absolute Gasteiger partial charge is 0.508 e. The summed E-state index contributed by atoms with van der Waals surface area (Å²) in [6.45, 7) is 0.878. The molecule has 2 heterocycles. The molecule has 2 fully saturated rings. The number of carbonyl (C=O) groups is 1. The van der Waals surface area contributed by atoms with Crippen molar-refractivity contribution in [3.8, 4) is 11.4 Å². The Morgan fingerprint density at radius 1 is 1.15 bits per heavy atom. The number of likely N-dealkylation sites (tertiary alicyclic amines) is 1. The second kappa shape index (κ2) is 7.65. The van der Waals surface area contributed by atoms with Crippen LogP contribution in [0.25, 0.3) is 5.69 Å². The highest BCUT2D eigenvalue weighted by Crippen LogP contribution is 2.35. The number of phenolic OH excluding ortho intramolecular Hbond substituents is 1. The number of phenols is 1. The van der Waals surface area contributed by atoms with Crippen molar-refractivity contribution in [1.29, 1.82) is 0 Å². The van der Waals surface area contributed by atoms with Crippen molar-refractivity contribution in [2.24, 2.45) is 5.92 Å². The Morgan fingerprint density at radius 3 is 2.77 bits per heavy atom. The first-order valence-electron chi connectivity index (χ1n) is 9.22. The number of rotatable bonds is 4. The summed E-state index contributed by atoms with van der Waals surface area (Å²) in [7, 11) is 0. The van der Waals surface area contributed by atoms with Gasteiger partial charge in [0.2, 0.25) is 11.1 Å². The number of hydrogen-bond acceptors (Lipinski definition) is 6. The number of amides is 1. The lowest BCUT2D eigenvalue weighted by Crippen LogP contribution is -2.50. The number of aromatic hydroxyl groups is 1. The monoisotopic (exact) mass is 373 g/mol. The molecule has 4 rings (SSSR count). The summed E-state index contributed by atoms with van der Waals surface area (Å²) in [6, 6.07) is 7.10. The molecule has 1 N–H and O–H groups in total. The molecule has 1 aliphatic heterocycles. The molecule has 1 saturated heterocycles. The van der Waals surface area contributed by atoms with E-state index in [0.29, 0.717) is 22.9 Å². The zero-order chi connectivity index (χ0) is 17.9. The molecule has 8 heteroatoms. The van der Waals surface area contributed by atoms with Crippen LogP contribution in [0, 0.1) is 5.92 Å². The van der Waals surface area contributed by atoms with Crippen LogP contribution in [-0.2, 0) is 4.79 Å². The third kappa shape index (κ3) is 3.56. The highest BCUT2D eigenvalue weighted by atomic mass is 32.2. The normalized spacial score (nSPS) is 22.8. The fraction of sp³-hybridized carbons (Fsp3) is 0.556. The van der Waals surface area contributed by atoms with Crippen molar-refractivity contribution < 1.29 is 9.90 Å². The molecule has 1 aromatic heterocycles. The lowest BCUT2D eigenvalue weighted by atomic mass is 9.78. The minimum atomic E-state index is 0.187. The van der Waals surface area contributed by atoms with E-state index in [1.54, 1.807) is 28.9 Å². The molecule has 2 aromatic rings. The predicted octanol–water partition coefficient (Wildman–Crippen LogP) is 2.64. The lowest BCUT2D eigenvalue weighted by Gasteiger charge is -2.44. The van der Waals surface area contributed by atoms with Gasteiger partial charge in [0.15, 0.2) is 0 Å². The van der Waals surface area contributed by atoms with E-state index in [-0.39, 0.29) is 11.7 Å². The van der Waals surface area contributed by atoms with Gasteiger partial charge in [0.05, 0.1) is 11.4 Å². The van der Waals surface area contributed by atoms with E-state index in [1.165, 1.54) is 37.4 Å². The summed E-state index contributed by atoms with van der Waals surface area (Å²) in [4.78, 5) is 14.9. The van der Waals surface area contributed by atoms with Crippen molar-refractivity contribution in [3.63, 3.8) is 0 Å². The van der Waals surface area contributed by atoms with E-state index in [1.807, 2.05) is 0 Å². The van der Waals surface area contributed by atoms with Gasteiger partial charge < -0.3 is 10.0 Å². The van der Waals surface area contributed by atoms with Gasteiger partial charge in [-0.2, -0.15) is 4.68 Å². The summed E-state index contributed by atoms with van der Waals surface area (Å²) < 4.78 is 1.59. The van der Waals surface area contributed by atoms with Crippen LogP contribution in [0.5, 0.6) is 5.75 Å². The molecule has 1 aromatic carbocycles. The Bertz CT molecular complexity index is 761. The van der Waals surface area contributed by atoms with E-state index in [4.69, 9.17) is 0 Å². The van der Waals surface area contributed by atoms with Crippen LogP contribution in [-0.4, -0.2) is 54.5 Å². The number of benzene rings is 1. The molecule has 1 amide bonds. The van der Waals surface area contributed by atoms with E-state index in [2.05, 4.69) is 20.4 Å². The number of aromatic nitrogens is 4. The summed E-state index contributed by atoms with van der Waals surface area (Å²) in [5.74, 6) is 1.42. The molecular formula is C18H23N5O2S. The predicted molar refractivity (Wildman–Crippen MR) is 98.2 cm³/mol. The Hall–Kier alpha value is -2.09. The van der Waals surface area contributed by atoms with Crippen LogP contribution >= 0.6 is 11.8 Å². The lowest BCUT2D eigenvalue weighted by molar-refractivity contribution is -0.134. The van der Waals surface area contributed by atoms with Crippen molar-refractivity contribution in [3.05, 3.63) is 24.3 Å². The minimum absolute atomic E-state index is 0.187. The van der Waals surface area contributed by atoms with Crippen molar-refractivity contribution in [2.45, 2.75) is 49.7 Å². The minimum Gasteiger partial charge on any atom is -0.508 e. The van der Waals surface area contributed by atoms with Crippen LogP contribution in [0.2, 0.25) is 0 Å². The zero-order valence-corrected chi connectivity index (χ0v) is 15.4. The molecule has 0 bridgehead atoms. The van der Waals surface area contributed by atoms with Gasteiger partial charge in [0.1, 0.15) is 5.75 Å². The van der Waals surface area contributed by atoms with Gasteiger partial charge in [-0.1, -0.05) is 24.6 Å². The topological polar surface area (TPSA) is 84.1 Å². The summed E-state index contributed by atoms with van der Waals surface area (Å²) in [6.07, 6.45) is 7.33. The fourth-order valence-electron chi connectivity index (χ4n) is 4.17. The smallest absolute Gasteiger partial charge is 0.233 e. The molecule has 1 saturated carbocycles. The second-order valence-electron chi connectivity index (χ2n) is 7.02. The Kier molecular flexibility index (Phi) is 5.10. The SMILES string of the molecule is O=C(CSc1nnnn1-c1ccc(O)cc1)N1CCC[C@@H]2CCCC[C@H]21. The number of fused-ring (bicyclic) bond motifs is 1. The number of piperidine rings is 1.